The van der Waals surface area contributed by atoms with E-state index in [1.165, 1.54) is 14.2 Å². The standard InChI is InChI=1S/C11H12N2O5S/c1-17-7-4-3-6-9(11(7)18-2)10(14)8(5-13-6)19(12,15)16/h3-5H,1-2H3,(H,13,14)(H2,12,15,16). The molecule has 0 saturated carbocycles. The number of nitrogens with one attached hydrogen (secondary N) is 1. The van der Waals surface area contributed by atoms with Crippen molar-refractivity contribution in [2.45, 2.75) is 4.90 Å². The van der Waals surface area contributed by atoms with Crippen molar-refractivity contribution in [2.24, 2.45) is 5.14 Å². The molecule has 0 bridgehead atoms. The Kier molecular flexibility index (Phi) is 3.21. The summed E-state index contributed by atoms with van der Waals surface area (Å²) >= 11 is 0. The number of hydrogen-bond acceptors (Lipinski definition) is 5. The number of rotatable bonds is 3. The zero-order valence-corrected chi connectivity index (χ0v) is 11.1. The van der Waals surface area contributed by atoms with Gasteiger partial charge in [-0.3, -0.25) is 4.79 Å². The first-order valence-corrected chi connectivity index (χ1v) is 6.74. The van der Waals surface area contributed by atoms with Gasteiger partial charge >= 0.3 is 0 Å². The fourth-order valence-electron chi connectivity index (χ4n) is 1.82. The quantitative estimate of drug-likeness (QED) is 0.835. The number of fused-ring (bicyclic) bond motifs is 1. The maximum absolute atomic E-state index is 12.2. The molecule has 0 amide bonds. The molecule has 19 heavy (non-hydrogen) atoms. The molecule has 0 aliphatic rings. The van der Waals surface area contributed by atoms with Crippen LogP contribution in [0.2, 0.25) is 0 Å². The monoisotopic (exact) mass is 284 g/mol. The van der Waals surface area contributed by atoms with Gasteiger partial charge in [-0.25, -0.2) is 13.6 Å². The molecule has 1 aromatic carbocycles. The van der Waals surface area contributed by atoms with Gasteiger partial charge in [0.05, 0.1) is 25.1 Å². The Bertz CT molecular complexity index is 795. The van der Waals surface area contributed by atoms with Crippen molar-refractivity contribution in [1.29, 1.82) is 0 Å². The Balaban J connectivity index is 2.99. The topological polar surface area (TPSA) is 111 Å². The molecule has 1 heterocycles. The van der Waals surface area contributed by atoms with Gasteiger partial charge < -0.3 is 14.5 Å². The third-order valence-corrected chi connectivity index (χ3v) is 3.58. The Morgan fingerprint density at radius 2 is 1.89 bits per heavy atom. The number of H-pyrrole nitrogens is 1. The van der Waals surface area contributed by atoms with Crippen LogP contribution in [0.4, 0.5) is 0 Å². The number of pyridine rings is 1. The molecule has 0 spiro atoms. The SMILES string of the molecule is COc1ccc2[nH]cc(S(N)(=O)=O)c(=O)c2c1OC. The van der Waals surface area contributed by atoms with E-state index < -0.39 is 20.3 Å². The van der Waals surface area contributed by atoms with Gasteiger partial charge in [-0.15, -0.1) is 0 Å². The number of nitrogens with two attached hydrogens (primary N) is 1. The molecule has 3 N–H and O–H groups in total. The second-order valence-corrected chi connectivity index (χ2v) is 5.28. The normalized spacial score (nSPS) is 11.5. The summed E-state index contributed by atoms with van der Waals surface area (Å²) in [4.78, 5) is 14.4. The van der Waals surface area contributed by atoms with E-state index in [9.17, 15) is 13.2 Å². The highest BCUT2D eigenvalue weighted by atomic mass is 32.2. The van der Waals surface area contributed by atoms with Crippen molar-refractivity contribution in [1.82, 2.24) is 4.98 Å². The van der Waals surface area contributed by atoms with E-state index in [0.717, 1.165) is 6.20 Å². The summed E-state index contributed by atoms with van der Waals surface area (Å²) in [5.41, 5.74) is -0.304. The van der Waals surface area contributed by atoms with Crippen molar-refractivity contribution in [3.8, 4) is 11.5 Å². The zero-order chi connectivity index (χ0) is 14.2. The van der Waals surface area contributed by atoms with Crippen LogP contribution in [0.15, 0.2) is 28.0 Å². The molecule has 0 fully saturated rings. The summed E-state index contributed by atoms with van der Waals surface area (Å²) in [5, 5.41) is 5.07. The molecule has 1 aromatic heterocycles. The molecule has 0 aliphatic carbocycles. The Labute approximate surface area is 109 Å². The molecule has 8 heteroatoms. The lowest BCUT2D eigenvalue weighted by atomic mass is 10.2. The minimum absolute atomic E-state index is 0.0772. The van der Waals surface area contributed by atoms with Gasteiger partial charge in [-0.05, 0) is 12.1 Å². The number of hydrogen-bond donors (Lipinski definition) is 2. The number of sulfonamides is 1. The Morgan fingerprint density at radius 3 is 2.42 bits per heavy atom. The average Bonchev–Trinajstić information content (AvgIpc) is 2.36. The summed E-state index contributed by atoms with van der Waals surface area (Å²) < 4.78 is 32.9. The van der Waals surface area contributed by atoms with Crippen LogP contribution in [0.5, 0.6) is 11.5 Å². The fraction of sp³-hybridized carbons (Fsp3) is 0.182. The van der Waals surface area contributed by atoms with Gasteiger partial charge in [-0.2, -0.15) is 0 Å². The van der Waals surface area contributed by atoms with E-state index in [1.54, 1.807) is 12.1 Å². The molecule has 0 aliphatic heterocycles. The van der Waals surface area contributed by atoms with Crippen molar-refractivity contribution in [2.75, 3.05) is 14.2 Å². The van der Waals surface area contributed by atoms with E-state index in [1.807, 2.05) is 0 Å². The van der Waals surface area contributed by atoms with Crippen LogP contribution in [0.3, 0.4) is 0 Å². The molecule has 102 valence electrons. The number of aromatic nitrogens is 1. The molecule has 0 unspecified atom stereocenters. The van der Waals surface area contributed by atoms with Gasteiger partial charge in [0.2, 0.25) is 15.5 Å². The first-order valence-electron chi connectivity index (χ1n) is 5.19. The van der Waals surface area contributed by atoms with E-state index in [2.05, 4.69) is 4.98 Å². The number of ether oxygens (including phenoxy) is 2. The molecular weight excluding hydrogens is 272 g/mol. The molecule has 7 nitrogen and oxygen atoms in total. The highest BCUT2D eigenvalue weighted by Gasteiger charge is 2.19. The second-order valence-electron chi connectivity index (χ2n) is 3.75. The smallest absolute Gasteiger partial charge is 0.243 e. The maximum Gasteiger partial charge on any atom is 0.243 e. The fourth-order valence-corrected chi connectivity index (χ4v) is 2.40. The Morgan fingerprint density at radius 1 is 1.21 bits per heavy atom. The highest BCUT2D eigenvalue weighted by molar-refractivity contribution is 7.89. The van der Waals surface area contributed by atoms with Gasteiger partial charge in [0.25, 0.3) is 0 Å². The van der Waals surface area contributed by atoms with E-state index in [0.29, 0.717) is 11.3 Å². The first-order chi connectivity index (χ1) is 8.90. The van der Waals surface area contributed by atoms with Crippen LogP contribution in [0.1, 0.15) is 0 Å². The lowest BCUT2D eigenvalue weighted by molar-refractivity contribution is 0.358. The molecular formula is C11H12N2O5S. The second kappa shape index (κ2) is 4.56. The van der Waals surface area contributed by atoms with E-state index in [-0.39, 0.29) is 11.1 Å². The van der Waals surface area contributed by atoms with Crippen LogP contribution in [-0.4, -0.2) is 27.6 Å². The molecule has 0 saturated heterocycles. The minimum atomic E-state index is -4.11. The predicted molar refractivity (Wildman–Crippen MR) is 69.0 cm³/mol. The van der Waals surface area contributed by atoms with Crippen LogP contribution in [-0.2, 0) is 10.0 Å². The van der Waals surface area contributed by atoms with Gasteiger partial charge in [0, 0.05) is 6.20 Å². The van der Waals surface area contributed by atoms with Crippen molar-refractivity contribution >= 4 is 20.9 Å². The van der Waals surface area contributed by atoms with Crippen LogP contribution in [0, 0.1) is 0 Å². The summed E-state index contributed by atoms with van der Waals surface area (Å²) in [6, 6.07) is 3.19. The highest BCUT2D eigenvalue weighted by Crippen LogP contribution is 2.32. The number of benzene rings is 1. The minimum Gasteiger partial charge on any atom is -0.493 e. The molecule has 2 aromatic rings. The summed E-state index contributed by atoms with van der Waals surface area (Å²) in [5.74, 6) is 0.485. The maximum atomic E-state index is 12.2. The largest absolute Gasteiger partial charge is 0.493 e. The number of methoxy groups -OCH3 is 2. The third-order valence-electron chi connectivity index (χ3n) is 2.66. The average molecular weight is 284 g/mol. The van der Waals surface area contributed by atoms with Gasteiger partial charge in [0.1, 0.15) is 4.90 Å². The predicted octanol–water partition coefficient (Wildman–Crippen LogP) is 0.193. The summed E-state index contributed by atoms with van der Waals surface area (Å²) in [6.45, 7) is 0. The number of primary sulfonamides is 1. The Hall–Kier alpha value is -2.06. The van der Waals surface area contributed by atoms with Crippen LogP contribution >= 0.6 is 0 Å². The summed E-state index contributed by atoms with van der Waals surface area (Å²) in [6.07, 6.45) is 1.06. The van der Waals surface area contributed by atoms with Crippen molar-refractivity contribution in [3.05, 3.63) is 28.6 Å². The van der Waals surface area contributed by atoms with Crippen LogP contribution < -0.4 is 20.0 Å². The zero-order valence-electron chi connectivity index (χ0n) is 10.3. The van der Waals surface area contributed by atoms with E-state index in [4.69, 9.17) is 14.6 Å². The van der Waals surface area contributed by atoms with Crippen LogP contribution in [0.25, 0.3) is 10.9 Å². The third kappa shape index (κ3) is 2.15. The molecule has 0 atom stereocenters. The van der Waals surface area contributed by atoms with Crippen molar-refractivity contribution in [3.63, 3.8) is 0 Å². The molecule has 2 rings (SSSR count). The lowest BCUT2D eigenvalue weighted by Gasteiger charge is -2.10. The van der Waals surface area contributed by atoms with Gasteiger partial charge in [-0.1, -0.05) is 0 Å². The van der Waals surface area contributed by atoms with Gasteiger partial charge in [0.15, 0.2) is 11.5 Å². The molecule has 0 radical (unpaired) electrons. The first kappa shape index (κ1) is 13.4. The van der Waals surface area contributed by atoms with E-state index >= 15 is 0 Å². The van der Waals surface area contributed by atoms with Crippen molar-refractivity contribution < 1.29 is 17.9 Å². The lowest BCUT2D eigenvalue weighted by Crippen LogP contribution is -2.22. The number of aromatic amines is 1. The summed E-state index contributed by atoms with van der Waals surface area (Å²) in [7, 11) is -1.33.